The van der Waals surface area contributed by atoms with E-state index in [1.54, 1.807) is 24.3 Å². The predicted octanol–water partition coefficient (Wildman–Crippen LogP) is 7.62. The number of carbonyl (C=O) groups is 2. The Morgan fingerprint density at radius 1 is 0.930 bits per heavy atom. The quantitative estimate of drug-likeness (QED) is 0.116. The van der Waals surface area contributed by atoms with Crippen LogP contribution in [0.25, 0.3) is 22.0 Å². The normalized spacial score (nSPS) is 19.6. The number of anilines is 1. The van der Waals surface area contributed by atoms with Crippen LogP contribution in [0.3, 0.4) is 0 Å². The van der Waals surface area contributed by atoms with E-state index in [4.69, 9.17) is 0 Å². The van der Waals surface area contributed by atoms with E-state index in [9.17, 15) is 31.2 Å². The van der Waals surface area contributed by atoms with E-state index in [2.05, 4.69) is 38.7 Å². The summed E-state index contributed by atoms with van der Waals surface area (Å²) in [5.41, 5.74) is 4.93. The Labute approximate surface area is 331 Å². The Morgan fingerprint density at radius 3 is 2.39 bits per heavy atom. The third-order valence-corrected chi connectivity index (χ3v) is 14.4. The molecular weight excluding hydrogens is 781 g/mol. The largest absolute Gasteiger partial charge is 0.427 e. The van der Waals surface area contributed by atoms with E-state index < -0.39 is 21.1 Å². The maximum absolute atomic E-state index is 15.6. The molecule has 0 radical (unpaired) electrons. The van der Waals surface area contributed by atoms with Crippen LogP contribution in [0, 0.1) is 5.82 Å². The van der Waals surface area contributed by atoms with Crippen molar-refractivity contribution in [1.29, 1.82) is 0 Å². The number of alkyl halides is 3. The summed E-state index contributed by atoms with van der Waals surface area (Å²) in [6.07, 6.45) is 1.81. The lowest BCUT2D eigenvalue weighted by atomic mass is 9.87. The van der Waals surface area contributed by atoms with Gasteiger partial charge in [-0.2, -0.15) is 17.5 Å². The molecule has 0 aliphatic carbocycles. The summed E-state index contributed by atoms with van der Waals surface area (Å²) in [5.74, 6) is -0.829. The molecule has 3 aromatic carbocycles. The van der Waals surface area contributed by atoms with Crippen LogP contribution in [0.2, 0.25) is 0 Å². The van der Waals surface area contributed by atoms with Gasteiger partial charge in [0, 0.05) is 61.8 Å². The fourth-order valence-corrected chi connectivity index (χ4v) is 10.6. The number of benzene rings is 3. The fourth-order valence-electron chi connectivity index (χ4n) is 8.35. The summed E-state index contributed by atoms with van der Waals surface area (Å²) in [7, 11) is -1.89. The number of nitrogens with one attached hydrogen (secondary N) is 2. The summed E-state index contributed by atoms with van der Waals surface area (Å²) < 4.78 is 85.2. The highest BCUT2D eigenvalue weighted by Gasteiger charge is 2.35. The molecule has 8 rings (SSSR count). The molecule has 0 bridgehead atoms. The number of hydrogen-bond donors (Lipinski definition) is 2. The lowest BCUT2D eigenvalue weighted by Crippen LogP contribution is -2.42. The van der Waals surface area contributed by atoms with Crippen LogP contribution in [0.1, 0.15) is 71.9 Å². The molecule has 5 heterocycles. The Kier molecular flexibility index (Phi) is 10.7. The highest BCUT2D eigenvalue weighted by Crippen LogP contribution is 2.38. The number of aryl methyl sites for hydroxylation is 1. The Bertz CT molecular complexity index is 2430. The predicted molar refractivity (Wildman–Crippen MR) is 210 cm³/mol. The van der Waals surface area contributed by atoms with Crippen molar-refractivity contribution in [2.24, 2.45) is 7.05 Å². The monoisotopic (exact) mass is 822 g/mol. The first-order valence-electron chi connectivity index (χ1n) is 19.1. The third kappa shape index (κ3) is 8.22. The van der Waals surface area contributed by atoms with Crippen molar-refractivity contribution in [1.82, 2.24) is 24.1 Å². The number of aromatic nitrogens is 2. The summed E-state index contributed by atoms with van der Waals surface area (Å²) in [6.45, 7) is 2.44. The minimum absolute atomic E-state index is 0.0922. The summed E-state index contributed by atoms with van der Waals surface area (Å²) >= 11 is 0.527. The number of piperidine rings is 3. The molecule has 3 fully saturated rings. The van der Waals surface area contributed by atoms with Gasteiger partial charge in [-0.15, -0.1) is 0 Å². The molecule has 300 valence electrons. The van der Waals surface area contributed by atoms with Gasteiger partial charge in [0.25, 0.3) is 0 Å². The van der Waals surface area contributed by atoms with Gasteiger partial charge >= 0.3 is 6.18 Å². The fraction of sp³-hybridized carbons (Fsp3) is 0.390. The van der Waals surface area contributed by atoms with Crippen molar-refractivity contribution in [2.45, 2.75) is 74.0 Å². The van der Waals surface area contributed by atoms with E-state index in [1.165, 1.54) is 22.0 Å². The van der Waals surface area contributed by atoms with Crippen molar-refractivity contribution < 1.29 is 35.6 Å². The maximum atomic E-state index is 15.6. The van der Waals surface area contributed by atoms with Crippen molar-refractivity contribution in [3.8, 4) is 11.1 Å². The van der Waals surface area contributed by atoms with Crippen molar-refractivity contribution in [3.63, 3.8) is 0 Å². The molecule has 0 spiro atoms. The lowest BCUT2D eigenvalue weighted by Gasteiger charge is -2.32. The van der Waals surface area contributed by atoms with Gasteiger partial charge in [0.15, 0.2) is 5.13 Å². The van der Waals surface area contributed by atoms with Crippen LogP contribution < -0.4 is 10.6 Å². The molecule has 1 unspecified atom stereocenters. The van der Waals surface area contributed by atoms with Crippen molar-refractivity contribution in [3.05, 3.63) is 100 Å². The zero-order chi connectivity index (χ0) is 40.1. The highest BCUT2D eigenvalue weighted by molar-refractivity contribution is 7.89. The number of nitrogens with zero attached hydrogens (tertiary/aromatic N) is 4. The van der Waals surface area contributed by atoms with Crippen LogP contribution in [0.15, 0.2) is 78.0 Å². The molecule has 10 nitrogen and oxygen atoms in total. The Morgan fingerprint density at radius 2 is 1.68 bits per heavy atom. The number of thiazole rings is 1. The van der Waals surface area contributed by atoms with Crippen LogP contribution in [0.5, 0.6) is 0 Å². The molecule has 57 heavy (non-hydrogen) atoms. The van der Waals surface area contributed by atoms with Gasteiger partial charge in [-0.05, 0) is 97.6 Å². The topological polar surface area (TPSA) is 117 Å². The smallest absolute Gasteiger partial charge is 0.359 e. The van der Waals surface area contributed by atoms with Crippen LogP contribution in [-0.4, -0.2) is 71.2 Å². The molecule has 2 N–H and O–H groups in total. The minimum Gasteiger partial charge on any atom is -0.359 e. The zero-order valence-corrected chi connectivity index (χ0v) is 32.8. The number of likely N-dealkylation sites (tertiary alicyclic amines) is 1. The molecule has 3 aliphatic rings. The van der Waals surface area contributed by atoms with Gasteiger partial charge in [0.05, 0.1) is 17.0 Å². The van der Waals surface area contributed by atoms with Gasteiger partial charge in [-0.25, -0.2) is 17.8 Å². The molecule has 3 saturated heterocycles. The maximum Gasteiger partial charge on any atom is 0.427 e. The average molecular weight is 823 g/mol. The van der Waals surface area contributed by atoms with E-state index in [1.807, 2.05) is 23.9 Å². The van der Waals surface area contributed by atoms with Crippen LogP contribution in [0.4, 0.5) is 22.7 Å². The summed E-state index contributed by atoms with van der Waals surface area (Å²) in [5, 5.41) is 6.65. The average Bonchev–Trinajstić information content (AvgIpc) is 3.80. The minimum atomic E-state index is -4.46. The second kappa shape index (κ2) is 15.6. The number of imide groups is 1. The molecule has 2 aromatic heterocycles. The first kappa shape index (κ1) is 39.2. The first-order valence-corrected chi connectivity index (χ1v) is 21.3. The molecule has 0 saturated carbocycles. The zero-order valence-electron chi connectivity index (χ0n) is 31.2. The summed E-state index contributed by atoms with van der Waals surface area (Å²) in [6, 6.07) is 17.7. The van der Waals surface area contributed by atoms with E-state index in [0.717, 1.165) is 48.6 Å². The number of halogens is 4. The van der Waals surface area contributed by atoms with Crippen molar-refractivity contribution >= 4 is 49.2 Å². The standard InChI is InChI=1S/C41H42F4N6O4S2/c1-49-24-34(33-9-10-38(52)48-39(33)53)32-8-7-28(21-36(32)49)25-11-15-50(16-12-25)23-29-6-5-27(20-35(29)42)26-3-2-4-31(19-26)57(54,55)51-17-13-30(14-18-51)47-40-46-22-37(56-40)41(43,44)45/h2-8,19-22,24-25,30,33H,9-18,23H2,1H3,(H,46,47)(H,48,52,53). The molecule has 3 aliphatic heterocycles. The second-order valence-electron chi connectivity index (χ2n) is 15.2. The van der Waals surface area contributed by atoms with E-state index >= 15 is 4.39 Å². The Hall–Kier alpha value is -4.64. The highest BCUT2D eigenvalue weighted by atomic mass is 32.2. The molecule has 2 amide bonds. The number of amides is 2. The van der Waals surface area contributed by atoms with Gasteiger partial charge in [0.2, 0.25) is 21.8 Å². The van der Waals surface area contributed by atoms with Gasteiger partial charge in [-0.3, -0.25) is 19.8 Å². The molecule has 16 heteroatoms. The molecule has 5 aromatic rings. The van der Waals surface area contributed by atoms with Crippen LogP contribution >= 0.6 is 11.3 Å². The second-order valence-corrected chi connectivity index (χ2v) is 18.2. The number of hydrogen-bond acceptors (Lipinski definition) is 8. The SMILES string of the molecule is Cn1cc(C2CCC(=O)NC2=O)c2ccc(C3CCN(Cc4ccc(-c5cccc(S(=O)(=O)N6CCC(Nc7ncc(C(F)(F)F)s7)CC6)c5)cc4F)CC3)cc21. The van der Waals surface area contributed by atoms with E-state index in [0.29, 0.717) is 66.2 Å². The number of carbonyl (C=O) groups excluding carboxylic acids is 2. The molecule has 1 atom stereocenters. The number of sulfonamides is 1. The summed E-state index contributed by atoms with van der Waals surface area (Å²) in [4.78, 5) is 29.6. The van der Waals surface area contributed by atoms with Crippen molar-refractivity contribution in [2.75, 3.05) is 31.5 Å². The van der Waals surface area contributed by atoms with Gasteiger partial charge in [0.1, 0.15) is 10.7 Å². The van der Waals surface area contributed by atoms with E-state index in [-0.39, 0.29) is 52.7 Å². The first-order chi connectivity index (χ1) is 27.2. The van der Waals surface area contributed by atoms with Gasteiger partial charge in [-0.1, -0.05) is 47.7 Å². The third-order valence-electron chi connectivity index (χ3n) is 11.5. The lowest BCUT2D eigenvalue weighted by molar-refractivity contribution is -0.135. The Balaban J connectivity index is 0.866. The number of fused-ring (bicyclic) bond motifs is 1. The van der Waals surface area contributed by atoms with Gasteiger partial charge < -0.3 is 9.88 Å². The molecular formula is C41H42F4N6O4S2. The van der Waals surface area contributed by atoms with Crippen LogP contribution in [-0.2, 0) is 39.4 Å². The number of rotatable bonds is 9.